The molecule has 6 nitrogen and oxygen atoms in total. The third kappa shape index (κ3) is 5.11. The van der Waals surface area contributed by atoms with Crippen molar-refractivity contribution >= 4 is 43.7 Å². The van der Waals surface area contributed by atoms with Crippen LogP contribution in [0.5, 0.6) is 0 Å². The van der Waals surface area contributed by atoms with Crippen molar-refractivity contribution in [3.8, 4) is 56.7 Å². The van der Waals surface area contributed by atoms with Gasteiger partial charge in [-0.05, 0) is 76.9 Å². The Morgan fingerprint density at radius 2 is 0.875 bits per heavy atom. The lowest BCUT2D eigenvalue weighted by atomic mass is 9.94. The van der Waals surface area contributed by atoms with Crippen molar-refractivity contribution in [1.29, 1.82) is 0 Å². The van der Waals surface area contributed by atoms with Crippen molar-refractivity contribution in [2.24, 2.45) is 0 Å². The quantitative estimate of drug-likeness (QED) is 0.172. The van der Waals surface area contributed by atoms with Crippen LogP contribution in [0.4, 0.5) is 0 Å². The zero-order chi connectivity index (χ0) is 37.0. The maximum absolute atomic E-state index is 5.39. The van der Waals surface area contributed by atoms with Crippen LogP contribution >= 0.6 is 0 Å². The molecule has 0 aliphatic heterocycles. The Morgan fingerprint density at radius 1 is 0.339 bits per heavy atom. The Balaban J connectivity index is 1.22. The molecule has 0 aliphatic carbocycles. The number of hydrogen-bond acceptors (Lipinski definition) is 4. The predicted molar refractivity (Wildman–Crippen MR) is 228 cm³/mol. The first-order valence-electron chi connectivity index (χ1n) is 18.7. The van der Waals surface area contributed by atoms with Crippen molar-refractivity contribution in [2.75, 3.05) is 0 Å². The van der Waals surface area contributed by atoms with E-state index in [1.165, 1.54) is 0 Å². The van der Waals surface area contributed by atoms with Crippen molar-refractivity contribution in [3.63, 3.8) is 0 Å². The van der Waals surface area contributed by atoms with Gasteiger partial charge in [-0.2, -0.15) is 9.97 Å². The Hall–Kier alpha value is -7.70. The van der Waals surface area contributed by atoms with Crippen LogP contribution in [-0.4, -0.2) is 29.1 Å². The van der Waals surface area contributed by atoms with Crippen LogP contribution in [0.3, 0.4) is 0 Å². The van der Waals surface area contributed by atoms with E-state index in [9.17, 15) is 0 Å². The van der Waals surface area contributed by atoms with Gasteiger partial charge in [-0.3, -0.25) is 9.13 Å². The molecule has 0 amide bonds. The molecule has 11 rings (SSSR count). The van der Waals surface area contributed by atoms with Gasteiger partial charge in [-0.1, -0.05) is 133 Å². The molecule has 11 aromatic rings. The molecule has 4 heterocycles. The average molecular weight is 717 g/mol. The molecule has 0 unspecified atom stereocenters. The van der Waals surface area contributed by atoms with E-state index in [0.29, 0.717) is 17.6 Å². The molecule has 0 aliphatic rings. The summed E-state index contributed by atoms with van der Waals surface area (Å²) in [6.07, 6.45) is 1.85. The number of hydrogen-bond donors (Lipinski definition) is 0. The highest BCUT2D eigenvalue weighted by molar-refractivity contribution is 6.09. The average Bonchev–Trinajstić information content (AvgIpc) is 3.80. The second kappa shape index (κ2) is 13.0. The topological polar surface area (TPSA) is 61.4 Å². The molecule has 0 saturated carbocycles. The molecular formula is C50H32N6. The third-order valence-electron chi connectivity index (χ3n) is 10.7. The number of benzene rings is 7. The minimum atomic E-state index is 0.545. The Morgan fingerprint density at radius 3 is 1.57 bits per heavy atom. The van der Waals surface area contributed by atoms with E-state index in [-0.39, 0.29) is 0 Å². The van der Waals surface area contributed by atoms with Gasteiger partial charge in [0.15, 0.2) is 11.6 Å². The van der Waals surface area contributed by atoms with E-state index in [2.05, 4.69) is 173 Å². The van der Waals surface area contributed by atoms with Crippen LogP contribution in [-0.2, 0) is 0 Å². The number of rotatable bonds is 6. The molecule has 0 bridgehead atoms. The monoisotopic (exact) mass is 716 g/mol. The first-order valence-corrected chi connectivity index (χ1v) is 18.7. The van der Waals surface area contributed by atoms with Gasteiger partial charge < -0.3 is 0 Å². The molecule has 0 fully saturated rings. The molecule has 7 aromatic carbocycles. The summed E-state index contributed by atoms with van der Waals surface area (Å²) in [5.41, 5.74) is 11.1. The van der Waals surface area contributed by atoms with Crippen molar-refractivity contribution in [1.82, 2.24) is 29.1 Å². The molecule has 4 aromatic heterocycles. The molecule has 262 valence electrons. The summed E-state index contributed by atoms with van der Waals surface area (Å²) < 4.78 is 4.40. The highest BCUT2D eigenvalue weighted by Gasteiger charge is 2.22. The molecular weight excluding hydrogens is 685 g/mol. The smallest absolute Gasteiger partial charge is 0.238 e. The molecule has 0 radical (unpaired) electrons. The van der Waals surface area contributed by atoms with E-state index < -0.39 is 0 Å². The lowest BCUT2D eigenvalue weighted by Crippen LogP contribution is -2.08. The number of fused-ring (bicyclic) bond motifs is 6. The van der Waals surface area contributed by atoms with Crippen molar-refractivity contribution < 1.29 is 0 Å². The van der Waals surface area contributed by atoms with Crippen LogP contribution in [0.25, 0.3) is 100 Å². The maximum Gasteiger partial charge on any atom is 0.238 e. The number of pyridine rings is 1. The zero-order valence-electron chi connectivity index (χ0n) is 30.2. The number of para-hydroxylation sites is 4. The number of nitrogens with zero attached hydrogens (tertiary/aromatic N) is 6. The lowest BCUT2D eigenvalue weighted by Gasteiger charge is -2.16. The fourth-order valence-electron chi connectivity index (χ4n) is 8.15. The van der Waals surface area contributed by atoms with E-state index in [1.807, 2.05) is 30.5 Å². The van der Waals surface area contributed by atoms with Crippen LogP contribution in [0, 0.1) is 0 Å². The van der Waals surface area contributed by atoms with Crippen LogP contribution < -0.4 is 0 Å². The van der Waals surface area contributed by atoms with Crippen LogP contribution in [0.2, 0.25) is 0 Å². The van der Waals surface area contributed by atoms with E-state index >= 15 is 0 Å². The second-order valence-corrected chi connectivity index (χ2v) is 13.9. The van der Waals surface area contributed by atoms with Gasteiger partial charge in [0, 0.05) is 38.9 Å². The Labute approximate surface area is 322 Å². The van der Waals surface area contributed by atoms with E-state index in [1.54, 1.807) is 0 Å². The standard InChI is InChI=1S/C50H32N6/c1-3-16-33(17-4-1)35-29-30-39(42(32-35)34-18-5-2-6-19-34)47-52-48(54-50(53-47)56-44-26-12-7-20-36(44)37-21-8-13-27-45(37)56)41-23-10-14-28-46(41)55-43-25-11-9-22-38(43)40-24-15-31-51-49(40)55/h1-32H. The summed E-state index contributed by atoms with van der Waals surface area (Å²) in [6.45, 7) is 0. The summed E-state index contributed by atoms with van der Waals surface area (Å²) >= 11 is 0. The fraction of sp³-hybridized carbons (Fsp3) is 0. The zero-order valence-corrected chi connectivity index (χ0v) is 30.2. The SMILES string of the molecule is c1ccc(-c2ccc(-c3nc(-c4ccccc4-n4c5ccccc5c5cccnc54)nc(-n4c5ccccc5c5ccccc54)n3)c(-c3ccccc3)c2)cc1. The number of aromatic nitrogens is 6. The molecule has 0 saturated heterocycles. The van der Waals surface area contributed by atoms with Crippen molar-refractivity contribution in [2.45, 2.75) is 0 Å². The fourth-order valence-corrected chi connectivity index (χ4v) is 8.15. The summed E-state index contributed by atoms with van der Waals surface area (Å²) in [4.78, 5) is 21.1. The van der Waals surface area contributed by atoms with E-state index in [4.69, 9.17) is 19.9 Å². The Kier molecular flexibility index (Phi) is 7.38. The van der Waals surface area contributed by atoms with Gasteiger partial charge in [-0.15, -0.1) is 0 Å². The normalized spacial score (nSPS) is 11.6. The van der Waals surface area contributed by atoms with Gasteiger partial charge in [0.05, 0.1) is 22.2 Å². The van der Waals surface area contributed by atoms with Gasteiger partial charge >= 0.3 is 0 Å². The summed E-state index contributed by atoms with van der Waals surface area (Å²) in [5, 5.41) is 4.51. The highest BCUT2D eigenvalue weighted by Crippen LogP contribution is 2.39. The van der Waals surface area contributed by atoms with Crippen LogP contribution in [0.1, 0.15) is 0 Å². The predicted octanol–water partition coefficient (Wildman–Crippen LogP) is 12.1. The van der Waals surface area contributed by atoms with Gasteiger partial charge in [0.1, 0.15) is 5.65 Å². The first-order chi connectivity index (χ1) is 27.8. The minimum Gasteiger partial charge on any atom is -0.293 e. The van der Waals surface area contributed by atoms with Gasteiger partial charge in [0.2, 0.25) is 5.95 Å². The minimum absolute atomic E-state index is 0.545. The molecule has 0 N–H and O–H groups in total. The van der Waals surface area contributed by atoms with Gasteiger partial charge in [0.25, 0.3) is 0 Å². The molecule has 0 atom stereocenters. The largest absolute Gasteiger partial charge is 0.293 e. The first kappa shape index (κ1) is 31.8. The van der Waals surface area contributed by atoms with Crippen molar-refractivity contribution in [3.05, 3.63) is 194 Å². The maximum atomic E-state index is 5.39. The second-order valence-electron chi connectivity index (χ2n) is 13.9. The third-order valence-corrected chi connectivity index (χ3v) is 10.7. The lowest BCUT2D eigenvalue weighted by molar-refractivity contribution is 0.951. The molecule has 6 heteroatoms. The summed E-state index contributed by atoms with van der Waals surface area (Å²) in [6, 6.07) is 65.4. The highest BCUT2D eigenvalue weighted by atomic mass is 15.2. The van der Waals surface area contributed by atoms with Gasteiger partial charge in [-0.25, -0.2) is 9.97 Å². The Bertz CT molecular complexity index is 3150. The van der Waals surface area contributed by atoms with Crippen LogP contribution in [0.15, 0.2) is 194 Å². The molecule has 0 spiro atoms. The summed E-state index contributed by atoms with van der Waals surface area (Å²) in [7, 11) is 0. The van der Waals surface area contributed by atoms with E-state index in [0.717, 1.165) is 82.8 Å². The molecule has 56 heavy (non-hydrogen) atoms. The summed E-state index contributed by atoms with van der Waals surface area (Å²) in [5.74, 6) is 1.69.